The third-order valence-electron chi connectivity index (χ3n) is 6.43. The van der Waals surface area contributed by atoms with Crippen molar-refractivity contribution in [2.75, 3.05) is 32.1 Å². The lowest BCUT2D eigenvalue weighted by Crippen LogP contribution is -2.50. The monoisotopic (exact) mass is 553 g/mol. The minimum atomic E-state index is -4.19. The molecular weight excluding hydrogens is 518 g/mol. The van der Waals surface area contributed by atoms with Gasteiger partial charge in [-0.05, 0) is 50.6 Å². The summed E-state index contributed by atoms with van der Waals surface area (Å²) in [5.41, 5.74) is 2.97. The second kappa shape index (κ2) is 12.7. The van der Waals surface area contributed by atoms with E-state index >= 15 is 0 Å². The van der Waals surface area contributed by atoms with Crippen molar-refractivity contribution in [3.63, 3.8) is 0 Å². The second-order valence-electron chi connectivity index (χ2n) is 9.16. The summed E-state index contributed by atoms with van der Waals surface area (Å²) in [6.45, 7) is 5.00. The molecule has 0 radical (unpaired) electrons. The van der Waals surface area contributed by atoms with Crippen LogP contribution in [0.1, 0.15) is 23.6 Å². The normalized spacial score (nSPS) is 11.8. The van der Waals surface area contributed by atoms with Crippen LogP contribution in [0.5, 0.6) is 11.5 Å². The van der Waals surface area contributed by atoms with Crippen molar-refractivity contribution in [2.45, 2.75) is 38.3 Å². The van der Waals surface area contributed by atoms with Gasteiger partial charge in [-0.15, -0.1) is 0 Å². The summed E-state index contributed by atoms with van der Waals surface area (Å²) in [6.07, 6.45) is 0. The maximum absolute atomic E-state index is 13.9. The number of nitrogens with zero attached hydrogens (tertiary/aromatic N) is 2. The average Bonchev–Trinajstić information content (AvgIpc) is 2.94. The van der Waals surface area contributed by atoms with Gasteiger partial charge in [-0.25, -0.2) is 8.42 Å². The van der Waals surface area contributed by atoms with Crippen LogP contribution in [-0.2, 0) is 26.2 Å². The van der Waals surface area contributed by atoms with E-state index < -0.39 is 28.5 Å². The molecule has 0 heterocycles. The lowest BCUT2D eigenvalue weighted by molar-refractivity contribution is -0.139. The number of rotatable bonds is 11. The molecule has 3 rings (SSSR count). The fraction of sp³-hybridized carbons (Fsp3) is 0.310. The molecule has 39 heavy (non-hydrogen) atoms. The predicted octanol–water partition coefficient (Wildman–Crippen LogP) is 3.68. The number of carbonyl (C=O) groups excluding carboxylic acids is 2. The molecule has 0 aromatic heterocycles. The van der Waals surface area contributed by atoms with Gasteiger partial charge in [0.2, 0.25) is 11.8 Å². The summed E-state index contributed by atoms with van der Waals surface area (Å²) in [4.78, 5) is 27.9. The fourth-order valence-corrected chi connectivity index (χ4v) is 5.43. The predicted molar refractivity (Wildman–Crippen MR) is 151 cm³/mol. The van der Waals surface area contributed by atoms with E-state index in [2.05, 4.69) is 5.32 Å². The molecule has 0 unspecified atom stereocenters. The van der Waals surface area contributed by atoms with Crippen molar-refractivity contribution in [2.24, 2.45) is 0 Å². The van der Waals surface area contributed by atoms with Crippen molar-refractivity contribution in [3.05, 3.63) is 83.4 Å². The number of hydrogen-bond acceptors (Lipinski definition) is 6. The summed E-state index contributed by atoms with van der Waals surface area (Å²) in [5, 5.41) is 2.57. The van der Waals surface area contributed by atoms with Crippen LogP contribution < -0.4 is 19.1 Å². The van der Waals surface area contributed by atoms with E-state index in [0.717, 1.165) is 21.0 Å². The molecule has 208 valence electrons. The maximum Gasteiger partial charge on any atom is 0.264 e. The van der Waals surface area contributed by atoms with E-state index in [-0.39, 0.29) is 23.0 Å². The zero-order chi connectivity index (χ0) is 28.7. The van der Waals surface area contributed by atoms with E-state index in [0.29, 0.717) is 11.5 Å². The Labute approximate surface area is 230 Å². The van der Waals surface area contributed by atoms with Crippen LogP contribution in [0.3, 0.4) is 0 Å². The lowest BCUT2D eigenvalue weighted by atomic mass is 10.1. The van der Waals surface area contributed by atoms with Crippen LogP contribution in [-0.4, -0.2) is 59.0 Å². The maximum atomic E-state index is 13.9. The minimum Gasteiger partial charge on any atom is -0.493 e. The summed E-state index contributed by atoms with van der Waals surface area (Å²) < 4.78 is 39.6. The van der Waals surface area contributed by atoms with E-state index in [4.69, 9.17) is 9.47 Å². The number of carbonyl (C=O) groups is 2. The summed E-state index contributed by atoms with van der Waals surface area (Å²) >= 11 is 0. The zero-order valence-corrected chi connectivity index (χ0v) is 23.9. The molecule has 0 fully saturated rings. The molecule has 0 aliphatic carbocycles. The number of nitrogens with one attached hydrogen (secondary N) is 1. The van der Waals surface area contributed by atoms with Crippen LogP contribution in [0.25, 0.3) is 0 Å². The number of hydrogen-bond donors (Lipinski definition) is 1. The Morgan fingerprint density at radius 2 is 1.44 bits per heavy atom. The van der Waals surface area contributed by atoms with Gasteiger partial charge in [-0.2, -0.15) is 0 Å². The molecule has 1 N–H and O–H groups in total. The number of amides is 2. The molecular formula is C29H35N3O6S. The van der Waals surface area contributed by atoms with Crippen molar-refractivity contribution in [1.82, 2.24) is 10.2 Å². The highest BCUT2D eigenvalue weighted by molar-refractivity contribution is 7.92. The highest BCUT2D eigenvalue weighted by Crippen LogP contribution is 2.34. The Morgan fingerprint density at radius 1 is 0.872 bits per heavy atom. The second-order valence-corrected chi connectivity index (χ2v) is 11.0. The first kappa shape index (κ1) is 29.5. The third kappa shape index (κ3) is 6.88. The molecule has 9 nitrogen and oxygen atoms in total. The summed E-state index contributed by atoms with van der Waals surface area (Å²) in [5.74, 6) is -0.192. The topological polar surface area (TPSA) is 105 Å². The van der Waals surface area contributed by atoms with Gasteiger partial charge in [0.1, 0.15) is 12.6 Å². The number of sulfonamides is 1. The van der Waals surface area contributed by atoms with Gasteiger partial charge in [0.15, 0.2) is 11.5 Å². The lowest BCUT2D eigenvalue weighted by Gasteiger charge is -2.32. The third-order valence-corrected chi connectivity index (χ3v) is 8.22. The number of ether oxygens (including phenoxy) is 2. The molecule has 0 aliphatic rings. The van der Waals surface area contributed by atoms with Gasteiger partial charge in [0.05, 0.1) is 24.8 Å². The highest BCUT2D eigenvalue weighted by Gasteiger charge is 2.32. The molecule has 3 aromatic carbocycles. The van der Waals surface area contributed by atoms with Gasteiger partial charge in [-0.3, -0.25) is 13.9 Å². The van der Waals surface area contributed by atoms with Gasteiger partial charge in [-0.1, -0.05) is 47.5 Å². The quantitative estimate of drug-likeness (QED) is 0.389. The number of methoxy groups -OCH3 is 2. The molecule has 0 saturated heterocycles. The SMILES string of the molecule is CNC(=O)[C@H](C)N(Cc1ccc(C)cc1)C(=O)CN(c1ccc(OC)c(OC)c1)S(=O)(=O)c1ccc(C)cc1. The number of anilines is 1. The van der Waals surface area contributed by atoms with Crippen LogP contribution in [0, 0.1) is 13.8 Å². The first-order valence-electron chi connectivity index (χ1n) is 12.4. The fourth-order valence-electron chi connectivity index (χ4n) is 4.03. The first-order chi connectivity index (χ1) is 18.5. The smallest absolute Gasteiger partial charge is 0.264 e. The van der Waals surface area contributed by atoms with Crippen molar-refractivity contribution < 1.29 is 27.5 Å². The van der Waals surface area contributed by atoms with E-state index in [1.807, 2.05) is 38.1 Å². The standard InChI is InChI=1S/C29H35N3O6S/c1-20-7-11-23(12-8-20)18-31(22(3)29(34)30-4)28(33)19-32(24-13-16-26(37-5)27(17-24)38-6)39(35,36)25-14-9-21(2)10-15-25/h7-17,22H,18-19H2,1-6H3,(H,30,34)/t22-/m0/s1. The van der Waals surface area contributed by atoms with Crippen LogP contribution in [0.4, 0.5) is 5.69 Å². The largest absolute Gasteiger partial charge is 0.493 e. The summed E-state index contributed by atoms with van der Waals surface area (Å²) in [6, 6.07) is 17.8. The molecule has 0 bridgehead atoms. The first-order valence-corrected chi connectivity index (χ1v) is 13.8. The van der Waals surface area contributed by atoms with Gasteiger partial charge in [0, 0.05) is 19.7 Å². The molecule has 0 spiro atoms. The Morgan fingerprint density at radius 3 is 1.97 bits per heavy atom. The molecule has 10 heteroatoms. The number of likely N-dealkylation sites (N-methyl/N-ethyl adjacent to an activating group) is 1. The Balaban J connectivity index is 2.08. The van der Waals surface area contributed by atoms with Gasteiger partial charge >= 0.3 is 0 Å². The van der Waals surface area contributed by atoms with E-state index in [1.165, 1.54) is 44.4 Å². The van der Waals surface area contributed by atoms with Crippen molar-refractivity contribution >= 4 is 27.5 Å². The van der Waals surface area contributed by atoms with Gasteiger partial charge < -0.3 is 19.7 Å². The van der Waals surface area contributed by atoms with E-state index in [1.54, 1.807) is 31.2 Å². The molecule has 1 atom stereocenters. The van der Waals surface area contributed by atoms with E-state index in [9.17, 15) is 18.0 Å². The molecule has 0 aliphatic heterocycles. The molecule has 0 saturated carbocycles. The zero-order valence-electron chi connectivity index (χ0n) is 23.1. The highest BCUT2D eigenvalue weighted by atomic mass is 32.2. The van der Waals surface area contributed by atoms with Crippen LogP contribution in [0.2, 0.25) is 0 Å². The van der Waals surface area contributed by atoms with Crippen LogP contribution in [0.15, 0.2) is 71.6 Å². The van der Waals surface area contributed by atoms with Gasteiger partial charge in [0.25, 0.3) is 10.0 Å². The molecule has 2 amide bonds. The minimum absolute atomic E-state index is 0.0279. The Hall–Kier alpha value is -4.05. The van der Waals surface area contributed by atoms with Crippen LogP contribution >= 0.6 is 0 Å². The Bertz CT molecular complexity index is 1410. The van der Waals surface area contributed by atoms with Crippen molar-refractivity contribution in [3.8, 4) is 11.5 Å². The van der Waals surface area contributed by atoms with Crippen molar-refractivity contribution in [1.29, 1.82) is 0 Å². The Kier molecular flexibility index (Phi) is 9.58. The average molecular weight is 554 g/mol. The number of aryl methyl sites for hydroxylation is 2. The number of benzene rings is 3. The molecule has 3 aromatic rings. The summed E-state index contributed by atoms with van der Waals surface area (Å²) in [7, 11) is 0.228.